The standard InChI is InChI=1S/C10H13BrO/c1-8(6-7-12)9-2-4-10(11)5-3-9/h2-4,6,10,12H,5,7H2,1H3/b8-6+. The summed E-state index contributed by atoms with van der Waals surface area (Å²) < 4.78 is 0. The first-order valence-corrected chi connectivity index (χ1v) is 4.96. The van der Waals surface area contributed by atoms with Crippen molar-refractivity contribution in [3.8, 4) is 0 Å². The topological polar surface area (TPSA) is 20.2 Å². The molecule has 2 heteroatoms. The van der Waals surface area contributed by atoms with E-state index in [1.807, 2.05) is 13.0 Å². The molecule has 1 rings (SSSR count). The lowest BCUT2D eigenvalue weighted by Crippen LogP contribution is -1.97. The van der Waals surface area contributed by atoms with Crippen LogP contribution in [0.25, 0.3) is 0 Å². The van der Waals surface area contributed by atoms with Crippen molar-refractivity contribution in [3.63, 3.8) is 0 Å². The largest absolute Gasteiger partial charge is 0.392 e. The van der Waals surface area contributed by atoms with Gasteiger partial charge in [0.1, 0.15) is 0 Å². The minimum atomic E-state index is 0.120. The molecule has 1 atom stereocenters. The Morgan fingerprint density at radius 3 is 3.08 bits per heavy atom. The van der Waals surface area contributed by atoms with E-state index >= 15 is 0 Å². The molecule has 0 aromatic heterocycles. The minimum Gasteiger partial charge on any atom is -0.392 e. The Balaban J connectivity index is 2.66. The maximum absolute atomic E-state index is 8.68. The second-order valence-corrected chi connectivity index (χ2v) is 4.02. The molecular formula is C10H13BrO. The third kappa shape index (κ3) is 2.61. The summed E-state index contributed by atoms with van der Waals surface area (Å²) in [6, 6.07) is 0. The molecule has 0 bridgehead atoms. The number of rotatable bonds is 2. The van der Waals surface area contributed by atoms with Crippen LogP contribution < -0.4 is 0 Å². The molecule has 12 heavy (non-hydrogen) atoms. The number of aliphatic hydroxyl groups is 1. The number of alkyl halides is 1. The van der Waals surface area contributed by atoms with Gasteiger partial charge in [-0.05, 0) is 24.5 Å². The molecule has 66 valence electrons. The summed E-state index contributed by atoms with van der Waals surface area (Å²) in [5.74, 6) is 0. The number of hydrogen-bond acceptors (Lipinski definition) is 1. The van der Waals surface area contributed by atoms with E-state index in [9.17, 15) is 0 Å². The fraction of sp³-hybridized carbons (Fsp3) is 0.400. The SMILES string of the molecule is C/C(=C\CO)C1=CCC(Br)C=C1. The first kappa shape index (κ1) is 9.75. The van der Waals surface area contributed by atoms with Gasteiger partial charge in [0.05, 0.1) is 6.61 Å². The van der Waals surface area contributed by atoms with Gasteiger partial charge >= 0.3 is 0 Å². The van der Waals surface area contributed by atoms with Gasteiger partial charge in [-0.25, -0.2) is 0 Å². The van der Waals surface area contributed by atoms with E-state index in [0.717, 1.165) is 12.0 Å². The van der Waals surface area contributed by atoms with Crippen LogP contribution in [0.2, 0.25) is 0 Å². The highest BCUT2D eigenvalue weighted by Crippen LogP contribution is 2.21. The lowest BCUT2D eigenvalue weighted by molar-refractivity contribution is 0.342. The molecule has 1 aliphatic rings. The maximum atomic E-state index is 8.68. The second kappa shape index (κ2) is 4.63. The molecule has 1 unspecified atom stereocenters. The van der Waals surface area contributed by atoms with Gasteiger partial charge in [0.15, 0.2) is 0 Å². The first-order chi connectivity index (χ1) is 5.74. The average molecular weight is 229 g/mol. The Morgan fingerprint density at radius 2 is 2.58 bits per heavy atom. The van der Waals surface area contributed by atoms with Crippen molar-refractivity contribution in [2.75, 3.05) is 6.61 Å². The summed E-state index contributed by atoms with van der Waals surface area (Å²) in [7, 11) is 0. The molecule has 1 nitrogen and oxygen atoms in total. The molecule has 0 aliphatic heterocycles. The quantitative estimate of drug-likeness (QED) is 0.721. The van der Waals surface area contributed by atoms with Crippen LogP contribution in [0.4, 0.5) is 0 Å². The van der Waals surface area contributed by atoms with Gasteiger partial charge in [-0.3, -0.25) is 0 Å². The van der Waals surface area contributed by atoms with E-state index < -0.39 is 0 Å². The molecule has 0 saturated heterocycles. The molecule has 1 N–H and O–H groups in total. The number of halogens is 1. The Labute approximate surface area is 81.6 Å². The van der Waals surface area contributed by atoms with Crippen molar-refractivity contribution < 1.29 is 5.11 Å². The van der Waals surface area contributed by atoms with Gasteiger partial charge in [-0.2, -0.15) is 0 Å². The van der Waals surface area contributed by atoms with Crippen molar-refractivity contribution in [1.29, 1.82) is 0 Å². The van der Waals surface area contributed by atoms with Crippen LogP contribution in [0, 0.1) is 0 Å². The summed E-state index contributed by atoms with van der Waals surface area (Å²) in [6.45, 7) is 2.13. The minimum absolute atomic E-state index is 0.120. The van der Waals surface area contributed by atoms with Gasteiger partial charge < -0.3 is 5.11 Å². The van der Waals surface area contributed by atoms with Gasteiger partial charge in [-0.15, -0.1) is 0 Å². The molecule has 0 saturated carbocycles. The number of hydrogen-bond donors (Lipinski definition) is 1. The van der Waals surface area contributed by atoms with E-state index in [2.05, 4.69) is 34.2 Å². The zero-order chi connectivity index (χ0) is 8.97. The maximum Gasteiger partial charge on any atom is 0.0618 e. The summed E-state index contributed by atoms with van der Waals surface area (Å²) >= 11 is 3.50. The summed E-state index contributed by atoms with van der Waals surface area (Å²) in [6.07, 6.45) is 9.25. The first-order valence-electron chi connectivity index (χ1n) is 4.04. The fourth-order valence-corrected chi connectivity index (χ4v) is 1.48. The zero-order valence-corrected chi connectivity index (χ0v) is 8.71. The molecule has 0 aromatic rings. The third-order valence-electron chi connectivity index (χ3n) is 1.90. The zero-order valence-electron chi connectivity index (χ0n) is 7.13. The number of aliphatic hydroxyl groups excluding tert-OH is 1. The van der Waals surface area contributed by atoms with Crippen molar-refractivity contribution in [2.45, 2.75) is 18.2 Å². The normalized spacial score (nSPS) is 24.1. The van der Waals surface area contributed by atoms with Crippen LogP contribution in [0.15, 0.2) is 35.5 Å². The monoisotopic (exact) mass is 228 g/mol. The molecule has 0 radical (unpaired) electrons. The average Bonchev–Trinajstić information content (AvgIpc) is 2.06. The second-order valence-electron chi connectivity index (χ2n) is 2.84. The van der Waals surface area contributed by atoms with Crippen molar-refractivity contribution in [1.82, 2.24) is 0 Å². The van der Waals surface area contributed by atoms with Crippen molar-refractivity contribution >= 4 is 15.9 Å². The predicted molar refractivity (Wildman–Crippen MR) is 55.4 cm³/mol. The molecular weight excluding hydrogens is 216 g/mol. The van der Waals surface area contributed by atoms with Crippen LogP contribution in [-0.4, -0.2) is 16.5 Å². The molecule has 0 aromatic carbocycles. The Kier molecular flexibility index (Phi) is 3.76. The van der Waals surface area contributed by atoms with E-state index in [1.165, 1.54) is 5.57 Å². The molecule has 0 fully saturated rings. The predicted octanol–water partition coefficient (Wildman–Crippen LogP) is 2.57. The Bertz CT molecular complexity index is 238. The van der Waals surface area contributed by atoms with Crippen LogP contribution in [-0.2, 0) is 0 Å². The highest BCUT2D eigenvalue weighted by molar-refractivity contribution is 9.09. The molecule has 0 heterocycles. The smallest absolute Gasteiger partial charge is 0.0618 e. The van der Waals surface area contributed by atoms with Gasteiger partial charge in [-0.1, -0.05) is 40.2 Å². The molecule has 0 spiro atoms. The lowest BCUT2D eigenvalue weighted by atomic mass is 10.0. The Morgan fingerprint density at radius 1 is 1.83 bits per heavy atom. The van der Waals surface area contributed by atoms with Crippen molar-refractivity contribution in [3.05, 3.63) is 35.5 Å². The fourth-order valence-electron chi connectivity index (χ4n) is 1.14. The summed E-state index contributed by atoms with van der Waals surface area (Å²) in [5.41, 5.74) is 2.37. The van der Waals surface area contributed by atoms with Crippen LogP contribution in [0.5, 0.6) is 0 Å². The summed E-state index contributed by atoms with van der Waals surface area (Å²) in [4.78, 5) is 0.475. The van der Waals surface area contributed by atoms with Crippen LogP contribution in [0.3, 0.4) is 0 Å². The van der Waals surface area contributed by atoms with Gasteiger partial charge in [0.2, 0.25) is 0 Å². The van der Waals surface area contributed by atoms with Crippen molar-refractivity contribution in [2.24, 2.45) is 0 Å². The van der Waals surface area contributed by atoms with Gasteiger partial charge in [0, 0.05) is 4.83 Å². The number of allylic oxidation sites excluding steroid dienone is 5. The van der Waals surface area contributed by atoms with E-state index in [-0.39, 0.29) is 6.61 Å². The van der Waals surface area contributed by atoms with E-state index in [1.54, 1.807) is 0 Å². The lowest BCUT2D eigenvalue weighted by Gasteiger charge is -2.10. The van der Waals surface area contributed by atoms with E-state index in [0.29, 0.717) is 4.83 Å². The molecule has 1 aliphatic carbocycles. The third-order valence-corrected chi connectivity index (χ3v) is 2.58. The highest BCUT2D eigenvalue weighted by atomic mass is 79.9. The highest BCUT2D eigenvalue weighted by Gasteiger charge is 2.04. The van der Waals surface area contributed by atoms with E-state index in [4.69, 9.17) is 5.11 Å². The Hall–Kier alpha value is -0.340. The van der Waals surface area contributed by atoms with Gasteiger partial charge in [0.25, 0.3) is 0 Å². The molecule has 0 amide bonds. The summed E-state index contributed by atoms with van der Waals surface area (Å²) in [5, 5.41) is 8.68. The van der Waals surface area contributed by atoms with Crippen LogP contribution >= 0.6 is 15.9 Å². The van der Waals surface area contributed by atoms with Crippen LogP contribution in [0.1, 0.15) is 13.3 Å².